The Bertz CT molecular complexity index is 1410. The van der Waals surface area contributed by atoms with Gasteiger partial charge in [0, 0.05) is 12.8 Å². The molecular weight excluding hydrogens is 806 g/mol. The van der Waals surface area contributed by atoms with Crippen molar-refractivity contribution in [2.24, 2.45) is 0 Å². The van der Waals surface area contributed by atoms with Gasteiger partial charge in [0.1, 0.15) is 19.8 Å². The van der Waals surface area contributed by atoms with Gasteiger partial charge in [0.25, 0.3) is 7.82 Å². The number of hydrogen-bond acceptors (Lipinski definition) is 10. The van der Waals surface area contributed by atoms with Gasteiger partial charge >= 0.3 is 11.9 Å². The van der Waals surface area contributed by atoms with Crippen LogP contribution in [-0.4, -0.2) is 92.5 Å². The number of hydrogen-bond donors (Lipinski definition) is 2. The van der Waals surface area contributed by atoms with Gasteiger partial charge in [0.15, 0.2) is 6.10 Å². The molecule has 0 rings (SSSR count). The standard InChI is InChI=1S/C50H84NO10P/c1-6-8-10-11-12-13-14-15-16-17-18-19-20-21-22-23-27-30-34-40-50(55)61-48(45-60-62(56,57)59-43-42-51(3,4)5)44-58-49(54)41-35-39-47(53)38-33-29-26-24-25-28-32-37-46(52)36-31-9-7-2/h12-13,15-16,18-19,21-22,25-26,28-29,32-33,37-38,46-48,52-53H,6-11,14,17,20,23-24,27,30-31,34-36,39-45H2,1-5H3/b13-12-,16-15-,19-18-,22-21-,28-25-,29-26-,37-32+,38-33+/t46-,47-,48+/m0/s1. The molecule has 0 fully saturated rings. The Morgan fingerprint density at radius 2 is 1.10 bits per heavy atom. The van der Waals surface area contributed by atoms with Crippen molar-refractivity contribution in [3.8, 4) is 0 Å². The van der Waals surface area contributed by atoms with E-state index in [4.69, 9.17) is 18.5 Å². The molecular formula is C50H84NO10P. The number of carbonyl (C=O) groups excluding carboxylic acids is 2. The molecule has 0 spiro atoms. The fraction of sp³-hybridized carbons (Fsp3) is 0.640. The topological polar surface area (TPSA) is 152 Å². The van der Waals surface area contributed by atoms with E-state index in [0.29, 0.717) is 36.7 Å². The largest absolute Gasteiger partial charge is 0.756 e. The first-order chi connectivity index (χ1) is 29.8. The summed E-state index contributed by atoms with van der Waals surface area (Å²) in [4.78, 5) is 37.6. The summed E-state index contributed by atoms with van der Waals surface area (Å²) in [5.41, 5.74) is 0. The number of nitrogens with zero attached hydrogens (tertiary/aromatic N) is 1. The van der Waals surface area contributed by atoms with Gasteiger partial charge in [-0.05, 0) is 77.0 Å². The number of allylic oxidation sites excluding steroid dienone is 14. The molecule has 0 heterocycles. The van der Waals surface area contributed by atoms with E-state index in [9.17, 15) is 29.3 Å². The van der Waals surface area contributed by atoms with Crippen molar-refractivity contribution < 1.29 is 52.3 Å². The number of likely N-dealkylation sites (N-methyl/N-ethyl adjacent to an activating group) is 1. The molecule has 0 aromatic rings. The molecule has 0 aromatic carbocycles. The van der Waals surface area contributed by atoms with Crippen LogP contribution < -0.4 is 4.89 Å². The van der Waals surface area contributed by atoms with Gasteiger partial charge in [0.2, 0.25) is 0 Å². The van der Waals surface area contributed by atoms with Crippen molar-refractivity contribution in [2.45, 2.75) is 161 Å². The summed E-state index contributed by atoms with van der Waals surface area (Å²) in [5.74, 6) is -1.11. The monoisotopic (exact) mass is 890 g/mol. The van der Waals surface area contributed by atoms with Gasteiger partial charge < -0.3 is 38.1 Å². The lowest BCUT2D eigenvalue weighted by atomic mass is 10.1. The lowest BCUT2D eigenvalue weighted by Gasteiger charge is -2.28. The van der Waals surface area contributed by atoms with Crippen molar-refractivity contribution >= 4 is 19.8 Å². The predicted molar refractivity (Wildman–Crippen MR) is 252 cm³/mol. The quantitative estimate of drug-likeness (QED) is 0.0152. The molecule has 0 saturated heterocycles. The summed E-state index contributed by atoms with van der Waals surface area (Å²) in [5, 5.41) is 20.2. The van der Waals surface area contributed by atoms with Crippen molar-refractivity contribution in [3.63, 3.8) is 0 Å². The van der Waals surface area contributed by atoms with E-state index in [1.165, 1.54) is 25.7 Å². The number of ether oxygens (including phenoxy) is 2. The van der Waals surface area contributed by atoms with Crippen LogP contribution in [0.15, 0.2) is 97.2 Å². The first-order valence-electron chi connectivity index (χ1n) is 23.2. The molecule has 0 saturated carbocycles. The van der Waals surface area contributed by atoms with Crippen LogP contribution in [0, 0.1) is 0 Å². The van der Waals surface area contributed by atoms with E-state index in [1.54, 1.807) is 18.2 Å². The first-order valence-corrected chi connectivity index (χ1v) is 24.6. The molecule has 1 unspecified atom stereocenters. The highest BCUT2D eigenvalue weighted by Crippen LogP contribution is 2.38. The second kappa shape index (κ2) is 40.6. The van der Waals surface area contributed by atoms with Crippen LogP contribution in [0.2, 0.25) is 0 Å². The molecule has 0 aliphatic rings. The Kier molecular flexibility index (Phi) is 38.5. The number of esters is 2. The predicted octanol–water partition coefficient (Wildman–Crippen LogP) is 10.7. The average molecular weight is 890 g/mol. The van der Waals surface area contributed by atoms with Crippen LogP contribution in [0.3, 0.4) is 0 Å². The van der Waals surface area contributed by atoms with Crippen molar-refractivity contribution in [1.29, 1.82) is 0 Å². The molecule has 0 bridgehead atoms. The number of aliphatic hydroxyl groups excluding tert-OH is 2. The third kappa shape index (κ3) is 43.5. The number of unbranched alkanes of at least 4 members (excludes halogenated alkanes) is 8. The molecule has 0 radical (unpaired) electrons. The van der Waals surface area contributed by atoms with Gasteiger partial charge in [-0.25, -0.2) is 0 Å². The molecule has 2 N–H and O–H groups in total. The summed E-state index contributed by atoms with van der Waals surface area (Å²) in [6, 6.07) is 0. The summed E-state index contributed by atoms with van der Waals surface area (Å²) in [7, 11) is 0.998. The summed E-state index contributed by atoms with van der Waals surface area (Å²) in [6.45, 7) is 3.77. The van der Waals surface area contributed by atoms with Crippen LogP contribution in [0.4, 0.5) is 0 Å². The normalized spacial score (nSPS) is 15.4. The van der Waals surface area contributed by atoms with Gasteiger partial charge in [-0.15, -0.1) is 0 Å². The summed E-state index contributed by atoms with van der Waals surface area (Å²) < 4.78 is 33.7. The fourth-order valence-corrected chi connectivity index (χ4v) is 6.28. The average Bonchev–Trinajstić information content (AvgIpc) is 3.21. The second-order valence-electron chi connectivity index (χ2n) is 16.5. The number of phosphoric ester groups is 1. The van der Waals surface area contributed by atoms with Gasteiger partial charge in [0.05, 0.1) is 40.0 Å². The highest BCUT2D eigenvalue weighted by atomic mass is 31.2. The van der Waals surface area contributed by atoms with Crippen LogP contribution in [0.25, 0.3) is 0 Å². The van der Waals surface area contributed by atoms with Crippen LogP contribution >= 0.6 is 7.82 Å². The Labute approximate surface area is 376 Å². The zero-order valence-corrected chi connectivity index (χ0v) is 39.9. The maximum atomic E-state index is 12.7. The minimum atomic E-state index is -4.70. The first kappa shape index (κ1) is 58.9. The van der Waals surface area contributed by atoms with E-state index in [-0.39, 0.29) is 26.1 Å². The van der Waals surface area contributed by atoms with E-state index < -0.39 is 44.7 Å². The smallest absolute Gasteiger partial charge is 0.306 e. The zero-order valence-electron chi connectivity index (χ0n) is 39.0. The molecule has 0 aromatic heterocycles. The van der Waals surface area contributed by atoms with Crippen LogP contribution in [0.5, 0.6) is 0 Å². The number of quaternary nitrogens is 1. The minimum Gasteiger partial charge on any atom is -0.756 e. The Morgan fingerprint density at radius 3 is 1.66 bits per heavy atom. The second-order valence-corrected chi connectivity index (χ2v) is 17.9. The highest BCUT2D eigenvalue weighted by Gasteiger charge is 2.22. The molecule has 12 heteroatoms. The van der Waals surface area contributed by atoms with Crippen molar-refractivity contribution in [2.75, 3.05) is 47.5 Å². The fourth-order valence-electron chi connectivity index (χ4n) is 5.56. The molecule has 0 aliphatic heterocycles. The minimum absolute atomic E-state index is 0.0154. The summed E-state index contributed by atoms with van der Waals surface area (Å²) >= 11 is 0. The molecule has 354 valence electrons. The van der Waals surface area contributed by atoms with Crippen LogP contribution in [-0.2, 0) is 32.7 Å². The lowest BCUT2D eigenvalue weighted by Crippen LogP contribution is -2.37. The number of rotatable bonds is 40. The number of aliphatic hydroxyl groups is 2. The SMILES string of the molecule is CCCCC/C=C\C/C=C\C/C=C\C/C=C\CCCCCC(=O)O[C@H](COC(=O)CCC[C@@H](O)/C=C/C=C\C/C=C\C=C\[C@@H](O)CCCCC)COP(=O)([O-])OCC[N+](C)(C)C. The zero-order chi connectivity index (χ0) is 46.0. The molecule has 4 atom stereocenters. The molecule has 0 aliphatic carbocycles. The van der Waals surface area contributed by atoms with Crippen LogP contribution in [0.1, 0.15) is 142 Å². The van der Waals surface area contributed by atoms with Gasteiger partial charge in [-0.2, -0.15) is 0 Å². The lowest BCUT2D eigenvalue weighted by molar-refractivity contribution is -0.870. The maximum Gasteiger partial charge on any atom is 0.306 e. The third-order valence-corrected chi connectivity index (χ3v) is 10.2. The van der Waals surface area contributed by atoms with E-state index in [2.05, 4.69) is 62.5 Å². The highest BCUT2D eigenvalue weighted by molar-refractivity contribution is 7.45. The molecule has 0 amide bonds. The van der Waals surface area contributed by atoms with Crippen molar-refractivity contribution in [1.82, 2.24) is 0 Å². The van der Waals surface area contributed by atoms with Gasteiger partial charge in [-0.3, -0.25) is 14.2 Å². The third-order valence-electron chi connectivity index (χ3n) is 9.28. The van der Waals surface area contributed by atoms with Gasteiger partial charge in [-0.1, -0.05) is 150 Å². The Morgan fingerprint density at radius 1 is 0.597 bits per heavy atom. The molecule has 11 nitrogen and oxygen atoms in total. The number of phosphoric acid groups is 1. The maximum absolute atomic E-state index is 12.7. The van der Waals surface area contributed by atoms with E-state index in [1.807, 2.05) is 51.5 Å². The summed E-state index contributed by atoms with van der Waals surface area (Å²) in [6.07, 6.45) is 46.5. The van der Waals surface area contributed by atoms with E-state index >= 15 is 0 Å². The Hall–Kier alpha value is -3.15. The Balaban J connectivity index is 4.64. The number of carbonyl (C=O) groups is 2. The molecule has 62 heavy (non-hydrogen) atoms. The van der Waals surface area contributed by atoms with Crippen molar-refractivity contribution in [3.05, 3.63) is 97.2 Å². The van der Waals surface area contributed by atoms with E-state index in [0.717, 1.165) is 64.2 Å².